The van der Waals surface area contributed by atoms with Gasteiger partial charge in [-0.05, 0) is 25.1 Å². The third kappa shape index (κ3) is 3.25. The Kier molecular flexibility index (Phi) is 4.27. The first-order valence-corrected chi connectivity index (χ1v) is 6.01. The summed E-state index contributed by atoms with van der Waals surface area (Å²) < 4.78 is 32.1. The predicted octanol–water partition coefficient (Wildman–Crippen LogP) is 1.55. The van der Waals surface area contributed by atoms with E-state index in [2.05, 4.69) is 0 Å². The van der Waals surface area contributed by atoms with Gasteiger partial charge in [-0.1, -0.05) is 0 Å². The number of aliphatic hydroxyl groups excluding tert-OH is 1. The van der Waals surface area contributed by atoms with Crippen molar-refractivity contribution in [2.75, 3.05) is 19.7 Å². The summed E-state index contributed by atoms with van der Waals surface area (Å²) in [6.07, 6.45) is -0.280. The Labute approximate surface area is 105 Å². The van der Waals surface area contributed by atoms with Crippen LogP contribution in [0.15, 0.2) is 18.2 Å². The highest BCUT2D eigenvalue weighted by atomic mass is 19.1. The maximum Gasteiger partial charge on any atom is 0.127 e. The molecule has 0 spiro atoms. The Hall–Kier alpha value is -1.04. The molecule has 0 saturated carbocycles. The Morgan fingerprint density at radius 2 is 2.17 bits per heavy atom. The van der Waals surface area contributed by atoms with Crippen LogP contribution in [-0.2, 0) is 11.3 Å². The van der Waals surface area contributed by atoms with Crippen LogP contribution in [0.3, 0.4) is 0 Å². The van der Waals surface area contributed by atoms with Crippen LogP contribution in [0.2, 0.25) is 0 Å². The minimum Gasteiger partial charge on any atom is -0.394 e. The SMILES string of the molecule is CC1CN(Cc2cc(F)ccc2F)CC(CO)O1. The van der Waals surface area contributed by atoms with Gasteiger partial charge in [-0.2, -0.15) is 0 Å². The van der Waals surface area contributed by atoms with E-state index in [0.717, 1.165) is 12.1 Å². The number of nitrogens with zero attached hydrogens (tertiary/aromatic N) is 1. The Bertz CT molecular complexity index is 414. The first kappa shape index (κ1) is 13.4. The molecule has 5 heteroatoms. The van der Waals surface area contributed by atoms with Gasteiger partial charge in [-0.25, -0.2) is 8.78 Å². The van der Waals surface area contributed by atoms with Crippen LogP contribution in [-0.4, -0.2) is 41.9 Å². The Balaban J connectivity index is 2.06. The zero-order chi connectivity index (χ0) is 13.1. The quantitative estimate of drug-likeness (QED) is 0.891. The summed E-state index contributed by atoms with van der Waals surface area (Å²) in [5.74, 6) is -0.845. The lowest BCUT2D eigenvalue weighted by atomic mass is 10.1. The van der Waals surface area contributed by atoms with E-state index in [1.807, 2.05) is 11.8 Å². The third-order valence-corrected chi connectivity index (χ3v) is 3.01. The summed E-state index contributed by atoms with van der Waals surface area (Å²) in [4.78, 5) is 1.97. The maximum absolute atomic E-state index is 13.5. The molecule has 18 heavy (non-hydrogen) atoms. The fourth-order valence-corrected chi connectivity index (χ4v) is 2.28. The second kappa shape index (κ2) is 5.73. The van der Waals surface area contributed by atoms with E-state index in [0.29, 0.717) is 25.2 Å². The lowest BCUT2D eigenvalue weighted by Gasteiger charge is -2.36. The van der Waals surface area contributed by atoms with Gasteiger partial charge in [0.05, 0.1) is 18.8 Å². The van der Waals surface area contributed by atoms with Crippen molar-refractivity contribution in [3.63, 3.8) is 0 Å². The first-order chi connectivity index (χ1) is 8.58. The predicted molar refractivity (Wildman–Crippen MR) is 63.1 cm³/mol. The van der Waals surface area contributed by atoms with E-state index in [1.165, 1.54) is 6.07 Å². The Morgan fingerprint density at radius 1 is 1.39 bits per heavy atom. The molecule has 1 aromatic rings. The van der Waals surface area contributed by atoms with E-state index in [4.69, 9.17) is 9.84 Å². The van der Waals surface area contributed by atoms with Crippen molar-refractivity contribution in [1.29, 1.82) is 0 Å². The summed E-state index contributed by atoms with van der Waals surface area (Å²) in [6, 6.07) is 3.46. The molecule has 1 aromatic carbocycles. The van der Waals surface area contributed by atoms with Crippen LogP contribution in [0, 0.1) is 11.6 Å². The molecule has 2 unspecified atom stereocenters. The third-order valence-electron chi connectivity index (χ3n) is 3.01. The average molecular weight is 257 g/mol. The van der Waals surface area contributed by atoms with Gasteiger partial charge in [0, 0.05) is 25.2 Å². The van der Waals surface area contributed by atoms with Gasteiger partial charge in [0.2, 0.25) is 0 Å². The molecular formula is C13H17F2NO2. The smallest absolute Gasteiger partial charge is 0.127 e. The van der Waals surface area contributed by atoms with Crippen molar-refractivity contribution in [2.45, 2.75) is 25.7 Å². The fourth-order valence-electron chi connectivity index (χ4n) is 2.28. The van der Waals surface area contributed by atoms with Crippen LogP contribution in [0.1, 0.15) is 12.5 Å². The molecule has 1 aliphatic rings. The molecule has 1 N–H and O–H groups in total. The lowest BCUT2D eigenvalue weighted by molar-refractivity contribution is -0.0974. The van der Waals surface area contributed by atoms with Crippen LogP contribution < -0.4 is 0 Å². The van der Waals surface area contributed by atoms with E-state index in [9.17, 15) is 8.78 Å². The first-order valence-electron chi connectivity index (χ1n) is 6.01. The van der Waals surface area contributed by atoms with Crippen molar-refractivity contribution >= 4 is 0 Å². The highest BCUT2D eigenvalue weighted by molar-refractivity contribution is 5.18. The van der Waals surface area contributed by atoms with Gasteiger partial charge in [-0.3, -0.25) is 4.90 Å². The number of halogens is 2. The van der Waals surface area contributed by atoms with E-state index >= 15 is 0 Å². The largest absolute Gasteiger partial charge is 0.394 e. The van der Waals surface area contributed by atoms with Crippen LogP contribution in [0.25, 0.3) is 0 Å². The number of morpholine rings is 1. The molecule has 100 valence electrons. The number of hydrogen-bond acceptors (Lipinski definition) is 3. The molecule has 2 atom stereocenters. The highest BCUT2D eigenvalue weighted by Gasteiger charge is 2.25. The zero-order valence-electron chi connectivity index (χ0n) is 10.3. The number of rotatable bonds is 3. The van der Waals surface area contributed by atoms with E-state index < -0.39 is 11.6 Å². The maximum atomic E-state index is 13.5. The average Bonchev–Trinajstić information content (AvgIpc) is 2.33. The standard InChI is InChI=1S/C13H17F2NO2/c1-9-5-16(7-12(8-17)18-9)6-10-4-11(14)2-3-13(10)15/h2-4,9,12,17H,5-8H2,1H3. The van der Waals surface area contributed by atoms with Crippen molar-refractivity contribution in [3.05, 3.63) is 35.4 Å². The minimum absolute atomic E-state index is 0.0208. The molecule has 2 rings (SSSR count). The number of ether oxygens (including phenoxy) is 1. The summed E-state index contributed by atoms with van der Waals surface area (Å²) in [7, 11) is 0. The zero-order valence-corrected chi connectivity index (χ0v) is 10.3. The number of hydrogen-bond donors (Lipinski definition) is 1. The van der Waals surface area contributed by atoms with Crippen molar-refractivity contribution in [3.8, 4) is 0 Å². The molecule has 1 saturated heterocycles. The van der Waals surface area contributed by atoms with Gasteiger partial charge in [0.15, 0.2) is 0 Å². The molecule has 0 aliphatic carbocycles. The second-order valence-electron chi connectivity index (χ2n) is 4.68. The van der Waals surface area contributed by atoms with Gasteiger partial charge >= 0.3 is 0 Å². The minimum atomic E-state index is -0.439. The van der Waals surface area contributed by atoms with Gasteiger partial charge in [0.1, 0.15) is 11.6 Å². The van der Waals surface area contributed by atoms with Crippen LogP contribution in [0.4, 0.5) is 8.78 Å². The van der Waals surface area contributed by atoms with Crippen molar-refractivity contribution < 1.29 is 18.6 Å². The normalized spacial score (nSPS) is 25.3. The molecule has 1 fully saturated rings. The van der Waals surface area contributed by atoms with Crippen LogP contribution in [0.5, 0.6) is 0 Å². The molecule has 0 amide bonds. The summed E-state index contributed by atoms with van der Waals surface area (Å²) in [6.45, 7) is 3.33. The van der Waals surface area contributed by atoms with Crippen molar-refractivity contribution in [1.82, 2.24) is 4.90 Å². The fraction of sp³-hybridized carbons (Fsp3) is 0.538. The lowest BCUT2D eigenvalue weighted by Crippen LogP contribution is -2.47. The molecule has 0 radical (unpaired) electrons. The summed E-state index contributed by atoms with van der Waals surface area (Å²) in [5, 5.41) is 9.11. The molecule has 1 heterocycles. The summed E-state index contributed by atoms with van der Waals surface area (Å²) in [5.41, 5.74) is 0.334. The van der Waals surface area contributed by atoms with Gasteiger partial charge in [-0.15, -0.1) is 0 Å². The molecule has 1 aliphatic heterocycles. The van der Waals surface area contributed by atoms with Crippen molar-refractivity contribution in [2.24, 2.45) is 0 Å². The molecule has 0 bridgehead atoms. The molecule has 3 nitrogen and oxygen atoms in total. The van der Waals surface area contributed by atoms with Gasteiger partial charge in [0.25, 0.3) is 0 Å². The number of aliphatic hydroxyl groups is 1. The number of benzene rings is 1. The molecule has 0 aromatic heterocycles. The molecular weight excluding hydrogens is 240 g/mol. The second-order valence-corrected chi connectivity index (χ2v) is 4.68. The van der Waals surface area contributed by atoms with Crippen LogP contribution >= 0.6 is 0 Å². The summed E-state index contributed by atoms with van der Waals surface area (Å²) >= 11 is 0. The Morgan fingerprint density at radius 3 is 2.89 bits per heavy atom. The van der Waals surface area contributed by atoms with E-state index in [1.54, 1.807) is 0 Å². The van der Waals surface area contributed by atoms with E-state index in [-0.39, 0.29) is 18.8 Å². The topological polar surface area (TPSA) is 32.7 Å². The van der Waals surface area contributed by atoms with Gasteiger partial charge < -0.3 is 9.84 Å². The monoisotopic (exact) mass is 257 g/mol. The highest BCUT2D eigenvalue weighted by Crippen LogP contribution is 2.17.